The standard InChI is InChI=1S/C31H35N3O7/c1-38-23-7-8-26-25(15-23)24(9-12-32-26)27(36)17-33-13-11-31(22(16-33)10-14-35)20-34(30(37)41-31)29-19-39-18-28(40-29)21-5-3-2-4-6-21/h2-3,5,7-9,12,15,18-19,22,27,35-36H,4,6,10-11,13-14,16-17,20H2,1H3/t22-,27-,31-/m1/s1. The summed E-state index contributed by atoms with van der Waals surface area (Å²) >= 11 is 0. The molecular formula is C31H35N3O7. The van der Waals surface area contributed by atoms with Crippen LogP contribution in [-0.2, 0) is 14.2 Å². The highest BCUT2D eigenvalue weighted by molar-refractivity contribution is 5.83. The van der Waals surface area contributed by atoms with Crippen LogP contribution in [0.1, 0.15) is 37.4 Å². The van der Waals surface area contributed by atoms with Crippen molar-refractivity contribution in [3.63, 3.8) is 0 Å². The molecule has 1 spiro atoms. The van der Waals surface area contributed by atoms with Crippen molar-refractivity contribution in [3.05, 3.63) is 84.0 Å². The van der Waals surface area contributed by atoms with Gasteiger partial charge in [-0.1, -0.05) is 18.2 Å². The molecular weight excluding hydrogens is 526 g/mol. The number of aliphatic hydroxyl groups is 2. The van der Waals surface area contributed by atoms with Crippen molar-refractivity contribution in [3.8, 4) is 5.75 Å². The molecule has 6 rings (SSSR count). The highest BCUT2D eigenvalue weighted by Gasteiger charge is 2.54. The molecule has 2 aromatic rings. The quantitative estimate of drug-likeness (QED) is 0.491. The fraction of sp³-hybridized carbons (Fsp3) is 0.419. The molecule has 2 saturated heterocycles. The van der Waals surface area contributed by atoms with Crippen LogP contribution in [-0.4, -0.2) is 76.6 Å². The van der Waals surface area contributed by atoms with Crippen molar-refractivity contribution < 1.29 is 34.0 Å². The second-order valence-corrected chi connectivity index (χ2v) is 10.9. The van der Waals surface area contributed by atoms with Crippen LogP contribution in [0.2, 0.25) is 0 Å². The minimum Gasteiger partial charge on any atom is -0.497 e. The van der Waals surface area contributed by atoms with Crippen LogP contribution in [0.25, 0.3) is 10.9 Å². The van der Waals surface area contributed by atoms with Gasteiger partial charge in [0.2, 0.25) is 5.88 Å². The van der Waals surface area contributed by atoms with Gasteiger partial charge >= 0.3 is 6.09 Å². The second-order valence-electron chi connectivity index (χ2n) is 10.9. The first-order valence-corrected chi connectivity index (χ1v) is 14.0. The van der Waals surface area contributed by atoms with Crippen LogP contribution in [0.15, 0.2) is 78.4 Å². The number of allylic oxidation sites excluding steroid dienone is 4. The molecule has 1 aromatic carbocycles. The van der Waals surface area contributed by atoms with Gasteiger partial charge in [-0.05, 0) is 54.7 Å². The molecule has 0 unspecified atom stereocenters. The van der Waals surface area contributed by atoms with Crippen LogP contribution in [0.3, 0.4) is 0 Å². The third-order valence-electron chi connectivity index (χ3n) is 8.42. The molecule has 41 heavy (non-hydrogen) atoms. The molecule has 3 atom stereocenters. The molecule has 0 saturated carbocycles. The Hall–Kier alpha value is -3.86. The van der Waals surface area contributed by atoms with E-state index in [1.54, 1.807) is 19.6 Å². The highest BCUT2D eigenvalue weighted by Crippen LogP contribution is 2.42. The average molecular weight is 562 g/mol. The number of methoxy groups -OCH3 is 1. The van der Waals surface area contributed by atoms with Gasteiger partial charge in [0, 0.05) is 50.2 Å². The van der Waals surface area contributed by atoms with E-state index in [9.17, 15) is 15.0 Å². The molecule has 1 aliphatic carbocycles. The van der Waals surface area contributed by atoms with E-state index in [0.29, 0.717) is 56.4 Å². The maximum absolute atomic E-state index is 13.2. The number of ether oxygens (including phenoxy) is 4. The number of hydrogen-bond donors (Lipinski definition) is 2. The van der Waals surface area contributed by atoms with Crippen LogP contribution >= 0.6 is 0 Å². The zero-order valence-electron chi connectivity index (χ0n) is 23.1. The lowest BCUT2D eigenvalue weighted by atomic mass is 9.78. The maximum atomic E-state index is 13.2. The average Bonchev–Trinajstić information content (AvgIpc) is 3.35. The van der Waals surface area contributed by atoms with E-state index in [1.807, 2.05) is 36.4 Å². The number of carbonyl (C=O) groups is 1. The maximum Gasteiger partial charge on any atom is 0.417 e. The number of carbonyl (C=O) groups excluding carboxylic acids is 1. The molecule has 4 heterocycles. The summed E-state index contributed by atoms with van der Waals surface area (Å²) in [6, 6.07) is 7.46. The molecule has 2 fully saturated rings. The number of rotatable bonds is 8. The van der Waals surface area contributed by atoms with Gasteiger partial charge in [-0.3, -0.25) is 9.88 Å². The largest absolute Gasteiger partial charge is 0.497 e. The summed E-state index contributed by atoms with van der Waals surface area (Å²) in [5, 5.41) is 22.1. The number of pyridine rings is 1. The minimum absolute atomic E-state index is 0.0357. The SMILES string of the molecule is COc1ccc2nccc([C@H](O)CN3CC[C@@]4(CN(C5=COC=C(C6=CC=CCC6)O5)C(=O)O4)[C@H](CCO)C3)c2c1. The number of piperidine rings is 1. The fourth-order valence-electron chi connectivity index (χ4n) is 6.19. The Kier molecular flexibility index (Phi) is 7.70. The molecule has 0 bridgehead atoms. The molecule has 1 amide bonds. The van der Waals surface area contributed by atoms with E-state index >= 15 is 0 Å². The smallest absolute Gasteiger partial charge is 0.417 e. The molecule has 3 aliphatic heterocycles. The zero-order valence-corrected chi connectivity index (χ0v) is 23.1. The Balaban J connectivity index is 1.15. The van der Waals surface area contributed by atoms with Crippen LogP contribution in [0.5, 0.6) is 5.75 Å². The lowest BCUT2D eigenvalue weighted by Gasteiger charge is -2.44. The number of aromatic nitrogens is 1. The van der Waals surface area contributed by atoms with Crippen LogP contribution in [0, 0.1) is 5.92 Å². The van der Waals surface area contributed by atoms with Gasteiger partial charge in [-0.15, -0.1) is 0 Å². The number of hydrogen-bond acceptors (Lipinski definition) is 9. The number of likely N-dealkylation sites (tertiary alicyclic amines) is 1. The van der Waals surface area contributed by atoms with Gasteiger partial charge in [0.15, 0.2) is 12.0 Å². The van der Waals surface area contributed by atoms with Crippen molar-refractivity contribution >= 4 is 17.0 Å². The van der Waals surface area contributed by atoms with Crippen molar-refractivity contribution in [2.24, 2.45) is 5.92 Å². The molecule has 10 nitrogen and oxygen atoms in total. The van der Waals surface area contributed by atoms with Gasteiger partial charge in [0.05, 0.1) is 25.3 Å². The van der Waals surface area contributed by atoms with E-state index < -0.39 is 17.8 Å². The summed E-state index contributed by atoms with van der Waals surface area (Å²) in [7, 11) is 1.61. The van der Waals surface area contributed by atoms with E-state index in [4.69, 9.17) is 18.9 Å². The number of β-amino-alcohol motifs (C(OH)–C–C–N with tert-alkyl or cyclic N) is 1. The first kappa shape index (κ1) is 27.3. The van der Waals surface area contributed by atoms with Gasteiger partial charge in [-0.2, -0.15) is 0 Å². The summed E-state index contributed by atoms with van der Waals surface area (Å²) in [4.78, 5) is 21.2. The summed E-state index contributed by atoms with van der Waals surface area (Å²) in [6.45, 7) is 1.83. The third kappa shape index (κ3) is 5.42. The minimum atomic E-state index is -0.781. The van der Waals surface area contributed by atoms with Gasteiger partial charge < -0.3 is 29.2 Å². The van der Waals surface area contributed by atoms with E-state index in [2.05, 4.69) is 16.0 Å². The van der Waals surface area contributed by atoms with E-state index in [-0.39, 0.29) is 12.5 Å². The lowest BCUT2D eigenvalue weighted by Crippen LogP contribution is -2.55. The number of benzene rings is 1. The lowest BCUT2D eigenvalue weighted by molar-refractivity contribution is -0.0631. The second kappa shape index (κ2) is 11.6. The Morgan fingerprint density at radius 2 is 2.17 bits per heavy atom. The Bertz CT molecular complexity index is 1430. The third-order valence-corrected chi connectivity index (χ3v) is 8.42. The van der Waals surface area contributed by atoms with E-state index in [1.165, 1.54) is 11.2 Å². The van der Waals surface area contributed by atoms with Crippen molar-refractivity contribution in [2.45, 2.75) is 37.4 Å². The highest BCUT2D eigenvalue weighted by atomic mass is 16.6. The Labute approximate surface area is 238 Å². The molecule has 10 heteroatoms. The summed E-state index contributed by atoms with van der Waals surface area (Å²) in [5.74, 6) is 1.44. The van der Waals surface area contributed by atoms with Crippen LogP contribution < -0.4 is 4.74 Å². The summed E-state index contributed by atoms with van der Waals surface area (Å²) in [5.41, 5.74) is 1.79. The van der Waals surface area contributed by atoms with E-state index in [0.717, 1.165) is 34.9 Å². The zero-order chi connectivity index (χ0) is 28.4. The predicted molar refractivity (Wildman–Crippen MR) is 150 cm³/mol. The molecule has 0 radical (unpaired) electrons. The first-order valence-electron chi connectivity index (χ1n) is 14.0. The number of fused-ring (bicyclic) bond motifs is 1. The topological polar surface area (TPSA) is 114 Å². The van der Waals surface area contributed by atoms with Gasteiger partial charge in [0.25, 0.3) is 0 Å². The van der Waals surface area contributed by atoms with Crippen molar-refractivity contribution in [2.75, 3.05) is 39.9 Å². The molecule has 1 aromatic heterocycles. The van der Waals surface area contributed by atoms with Crippen molar-refractivity contribution in [1.82, 2.24) is 14.8 Å². The Morgan fingerprint density at radius 1 is 1.27 bits per heavy atom. The normalized spacial score (nSPS) is 25.2. The Morgan fingerprint density at radius 3 is 2.98 bits per heavy atom. The molecule has 216 valence electrons. The van der Waals surface area contributed by atoms with Crippen molar-refractivity contribution in [1.29, 1.82) is 0 Å². The van der Waals surface area contributed by atoms with Crippen LogP contribution in [0.4, 0.5) is 4.79 Å². The monoisotopic (exact) mass is 561 g/mol. The van der Waals surface area contributed by atoms with Gasteiger partial charge in [-0.25, -0.2) is 9.69 Å². The molecule has 2 N–H and O–H groups in total. The number of aliphatic hydroxyl groups excluding tert-OH is 2. The number of amides is 1. The summed E-state index contributed by atoms with van der Waals surface area (Å²) < 4.78 is 23.1. The molecule has 4 aliphatic rings. The van der Waals surface area contributed by atoms with Gasteiger partial charge in [0.1, 0.15) is 17.6 Å². The fourth-order valence-corrected chi connectivity index (χ4v) is 6.19. The first-order chi connectivity index (χ1) is 20.0. The summed E-state index contributed by atoms with van der Waals surface area (Å²) in [6.07, 6.45) is 12.2. The predicted octanol–water partition coefficient (Wildman–Crippen LogP) is 4.14. The number of nitrogens with zero attached hydrogens (tertiary/aromatic N) is 3.